The van der Waals surface area contributed by atoms with Crippen LogP contribution in [0.4, 0.5) is 11.4 Å². The van der Waals surface area contributed by atoms with Crippen molar-refractivity contribution in [2.24, 2.45) is 5.10 Å². The van der Waals surface area contributed by atoms with Crippen molar-refractivity contribution in [1.29, 1.82) is 0 Å². The molecule has 0 aliphatic carbocycles. The number of hydrogen-bond acceptors (Lipinski definition) is 4. The minimum absolute atomic E-state index is 0.255. The zero-order chi connectivity index (χ0) is 16.1. The molecule has 0 radical (unpaired) electrons. The van der Waals surface area contributed by atoms with Gasteiger partial charge in [0.15, 0.2) is 0 Å². The van der Waals surface area contributed by atoms with Crippen LogP contribution in [0.15, 0.2) is 53.6 Å². The highest BCUT2D eigenvalue weighted by molar-refractivity contribution is 5.99. The first-order valence-corrected chi connectivity index (χ1v) is 6.89. The Morgan fingerprint density at radius 2 is 1.55 bits per heavy atom. The molecule has 5 nitrogen and oxygen atoms in total. The van der Waals surface area contributed by atoms with Crippen LogP contribution in [-0.4, -0.2) is 30.9 Å². The third-order valence-corrected chi connectivity index (χ3v) is 3.29. The Balaban J connectivity index is 2.07. The number of hydrazone groups is 1. The van der Waals surface area contributed by atoms with E-state index in [-0.39, 0.29) is 5.56 Å². The highest BCUT2D eigenvalue weighted by atomic mass is 16.4. The SMILES string of the molecule is C/C(=N/Nc1ccc(C(=O)O)cc1)c1ccc(N(C)C)cc1. The van der Waals surface area contributed by atoms with Crippen LogP contribution < -0.4 is 10.3 Å². The molecule has 2 aromatic carbocycles. The van der Waals surface area contributed by atoms with Gasteiger partial charge in [0.05, 0.1) is 17.0 Å². The number of hydrogen-bond donors (Lipinski definition) is 2. The molecule has 0 spiro atoms. The Kier molecular flexibility index (Phi) is 4.78. The molecular formula is C17H19N3O2. The summed E-state index contributed by atoms with van der Waals surface area (Å²) in [4.78, 5) is 12.8. The van der Waals surface area contributed by atoms with E-state index in [0.717, 1.165) is 22.6 Å². The Morgan fingerprint density at radius 3 is 2.05 bits per heavy atom. The molecule has 0 aliphatic heterocycles. The maximum absolute atomic E-state index is 10.8. The van der Waals surface area contributed by atoms with Crippen LogP contribution in [0.5, 0.6) is 0 Å². The maximum atomic E-state index is 10.8. The quantitative estimate of drug-likeness (QED) is 0.656. The summed E-state index contributed by atoms with van der Waals surface area (Å²) >= 11 is 0. The van der Waals surface area contributed by atoms with E-state index < -0.39 is 5.97 Å². The fourth-order valence-electron chi connectivity index (χ4n) is 1.90. The lowest BCUT2D eigenvalue weighted by Gasteiger charge is -2.12. The number of benzene rings is 2. The molecule has 22 heavy (non-hydrogen) atoms. The molecule has 114 valence electrons. The number of anilines is 2. The lowest BCUT2D eigenvalue weighted by Crippen LogP contribution is -2.08. The minimum atomic E-state index is -0.938. The number of carboxylic acids is 1. The van der Waals surface area contributed by atoms with E-state index in [1.54, 1.807) is 24.3 Å². The second-order valence-electron chi connectivity index (χ2n) is 5.13. The van der Waals surface area contributed by atoms with Crippen LogP contribution >= 0.6 is 0 Å². The number of carbonyl (C=O) groups is 1. The van der Waals surface area contributed by atoms with E-state index in [1.807, 2.05) is 50.2 Å². The number of rotatable bonds is 5. The Labute approximate surface area is 129 Å². The van der Waals surface area contributed by atoms with Gasteiger partial charge >= 0.3 is 5.97 Å². The summed E-state index contributed by atoms with van der Waals surface area (Å²) in [6.07, 6.45) is 0. The van der Waals surface area contributed by atoms with Gasteiger partial charge in [-0.05, 0) is 48.9 Å². The first-order chi connectivity index (χ1) is 10.5. The molecule has 0 unspecified atom stereocenters. The molecule has 0 fully saturated rings. The topological polar surface area (TPSA) is 64.9 Å². The van der Waals surface area contributed by atoms with Gasteiger partial charge in [-0.2, -0.15) is 5.10 Å². The highest BCUT2D eigenvalue weighted by Crippen LogP contribution is 2.14. The van der Waals surface area contributed by atoms with Gasteiger partial charge in [-0.25, -0.2) is 4.79 Å². The molecule has 0 saturated heterocycles. The largest absolute Gasteiger partial charge is 0.478 e. The molecule has 0 bridgehead atoms. The average molecular weight is 297 g/mol. The molecule has 0 atom stereocenters. The number of carboxylic acid groups (broad SMARTS) is 1. The molecular weight excluding hydrogens is 278 g/mol. The monoisotopic (exact) mass is 297 g/mol. The second-order valence-corrected chi connectivity index (χ2v) is 5.13. The van der Waals surface area contributed by atoms with Crippen LogP contribution in [0.2, 0.25) is 0 Å². The summed E-state index contributed by atoms with van der Waals surface area (Å²) in [6, 6.07) is 14.6. The summed E-state index contributed by atoms with van der Waals surface area (Å²) in [7, 11) is 4.00. The van der Waals surface area contributed by atoms with Gasteiger partial charge in [0, 0.05) is 19.8 Å². The zero-order valence-electron chi connectivity index (χ0n) is 12.9. The van der Waals surface area contributed by atoms with Crippen LogP contribution in [-0.2, 0) is 0 Å². The lowest BCUT2D eigenvalue weighted by molar-refractivity contribution is 0.0697. The Bertz CT molecular complexity index is 674. The Hall–Kier alpha value is -2.82. The molecule has 0 aromatic heterocycles. The first-order valence-electron chi connectivity index (χ1n) is 6.89. The summed E-state index contributed by atoms with van der Waals surface area (Å²) in [5, 5.41) is 13.2. The van der Waals surface area contributed by atoms with Crippen molar-refractivity contribution in [2.45, 2.75) is 6.92 Å². The van der Waals surface area contributed by atoms with E-state index in [1.165, 1.54) is 0 Å². The van der Waals surface area contributed by atoms with Crippen LogP contribution in [0.25, 0.3) is 0 Å². The van der Waals surface area contributed by atoms with Crippen molar-refractivity contribution in [2.75, 3.05) is 24.4 Å². The van der Waals surface area contributed by atoms with Gasteiger partial charge in [0.2, 0.25) is 0 Å². The molecule has 2 N–H and O–H groups in total. The van der Waals surface area contributed by atoms with Crippen LogP contribution in [0.3, 0.4) is 0 Å². The van der Waals surface area contributed by atoms with Gasteiger partial charge in [-0.1, -0.05) is 12.1 Å². The Morgan fingerprint density at radius 1 is 1.00 bits per heavy atom. The van der Waals surface area contributed by atoms with Crippen molar-refractivity contribution in [3.8, 4) is 0 Å². The summed E-state index contributed by atoms with van der Waals surface area (Å²) in [6.45, 7) is 1.92. The standard InChI is InChI=1S/C17H19N3O2/c1-12(13-6-10-16(11-7-13)20(2)3)18-19-15-8-4-14(5-9-15)17(21)22/h4-11,19H,1-3H3,(H,21,22)/b18-12-. The fraction of sp³-hybridized carbons (Fsp3) is 0.176. The normalized spacial score (nSPS) is 11.1. The predicted octanol–water partition coefficient (Wildman–Crippen LogP) is 3.29. The van der Waals surface area contributed by atoms with E-state index in [9.17, 15) is 4.79 Å². The van der Waals surface area contributed by atoms with Crippen LogP contribution in [0, 0.1) is 0 Å². The minimum Gasteiger partial charge on any atom is -0.478 e. The van der Waals surface area contributed by atoms with Crippen molar-refractivity contribution < 1.29 is 9.90 Å². The smallest absolute Gasteiger partial charge is 0.335 e. The van der Waals surface area contributed by atoms with Crippen molar-refractivity contribution in [3.63, 3.8) is 0 Å². The van der Waals surface area contributed by atoms with Gasteiger partial charge in [-0.15, -0.1) is 0 Å². The molecule has 0 heterocycles. The molecule has 2 rings (SSSR count). The van der Waals surface area contributed by atoms with E-state index in [2.05, 4.69) is 10.5 Å². The van der Waals surface area contributed by atoms with Crippen molar-refractivity contribution >= 4 is 23.1 Å². The highest BCUT2D eigenvalue weighted by Gasteiger charge is 2.02. The number of nitrogens with zero attached hydrogens (tertiary/aromatic N) is 2. The maximum Gasteiger partial charge on any atom is 0.335 e. The lowest BCUT2D eigenvalue weighted by atomic mass is 10.1. The second kappa shape index (κ2) is 6.76. The number of aromatic carboxylic acids is 1. The van der Waals surface area contributed by atoms with Gasteiger partial charge in [0.25, 0.3) is 0 Å². The molecule has 0 amide bonds. The third kappa shape index (κ3) is 3.85. The summed E-state index contributed by atoms with van der Waals surface area (Å²) in [5.41, 5.74) is 6.95. The van der Waals surface area contributed by atoms with Gasteiger partial charge in [-0.3, -0.25) is 5.43 Å². The van der Waals surface area contributed by atoms with Crippen molar-refractivity contribution in [1.82, 2.24) is 0 Å². The predicted molar refractivity (Wildman–Crippen MR) is 90.0 cm³/mol. The molecule has 2 aromatic rings. The van der Waals surface area contributed by atoms with E-state index in [4.69, 9.17) is 5.11 Å². The third-order valence-electron chi connectivity index (χ3n) is 3.29. The summed E-state index contributed by atoms with van der Waals surface area (Å²) < 4.78 is 0. The van der Waals surface area contributed by atoms with Gasteiger partial charge < -0.3 is 10.0 Å². The average Bonchev–Trinajstić information content (AvgIpc) is 2.53. The molecule has 0 aliphatic rings. The molecule has 5 heteroatoms. The number of nitrogens with one attached hydrogen (secondary N) is 1. The van der Waals surface area contributed by atoms with Crippen molar-refractivity contribution in [3.05, 3.63) is 59.7 Å². The van der Waals surface area contributed by atoms with E-state index in [0.29, 0.717) is 0 Å². The molecule has 0 saturated carbocycles. The van der Waals surface area contributed by atoms with Gasteiger partial charge in [0.1, 0.15) is 0 Å². The first kappa shape index (κ1) is 15.6. The van der Waals surface area contributed by atoms with Crippen LogP contribution in [0.1, 0.15) is 22.8 Å². The van der Waals surface area contributed by atoms with E-state index >= 15 is 0 Å². The zero-order valence-corrected chi connectivity index (χ0v) is 12.9. The summed E-state index contributed by atoms with van der Waals surface area (Å²) in [5.74, 6) is -0.938. The fourth-order valence-corrected chi connectivity index (χ4v) is 1.90.